The van der Waals surface area contributed by atoms with Crippen molar-refractivity contribution in [3.05, 3.63) is 85.1 Å². The van der Waals surface area contributed by atoms with E-state index in [4.69, 9.17) is 24.3 Å². The average Bonchev–Trinajstić information content (AvgIpc) is 3.25. The smallest absolute Gasteiger partial charge is 0.462 e. The van der Waals surface area contributed by atoms with Gasteiger partial charge < -0.3 is 20.1 Å². The number of carbonyl (C=O) groups excluding carboxylic acids is 2. The van der Waals surface area contributed by atoms with Crippen LogP contribution in [0.15, 0.2) is 85.1 Å². The van der Waals surface area contributed by atoms with Gasteiger partial charge in [0.25, 0.3) is 0 Å². The molecule has 0 radical (unpaired) electrons. The Balaban J connectivity index is 4.20. The monoisotopic (exact) mass is 874 g/mol. The highest BCUT2D eigenvalue weighted by Gasteiger charge is 2.25. The molecule has 0 bridgehead atoms. The van der Waals surface area contributed by atoms with E-state index in [0.717, 1.165) is 57.8 Å². The summed E-state index contributed by atoms with van der Waals surface area (Å²) < 4.78 is 32.8. The zero-order valence-electron chi connectivity index (χ0n) is 38.6. The molecule has 0 saturated heterocycles. The van der Waals surface area contributed by atoms with Crippen LogP contribution in [0.5, 0.6) is 0 Å². The number of esters is 2. The lowest BCUT2D eigenvalue weighted by atomic mass is 10.0. The lowest BCUT2D eigenvalue weighted by Crippen LogP contribution is -2.29. The van der Waals surface area contributed by atoms with E-state index in [0.29, 0.717) is 6.42 Å². The van der Waals surface area contributed by atoms with Crippen LogP contribution in [0, 0.1) is 0 Å². The maximum absolute atomic E-state index is 12.6. The minimum absolute atomic E-state index is 0.0381. The van der Waals surface area contributed by atoms with Crippen molar-refractivity contribution in [3.8, 4) is 0 Å². The van der Waals surface area contributed by atoms with Crippen LogP contribution >= 0.6 is 7.82 Å². The molecule has 0 spiro atoms. The fourth-order valence-electron chi connectivity index (χ4n) is 6.24. The molecule has 0 aliphatic heterocycles. The third-order valence-corrected chi connectivity index (χ3v) is 10.8. The average molecular weight is 874 g/mol. The van der Waals surface area contributed by atoms with Gasteiger partial charge in [0.05, 0.1) is 13.2 Å². The molecule has 0 aromatic carbocycles. The first kappa shape index (κ1) is 58.2. The van der Waals surface area contributed by atoms with E-state index in [1.54, 1.807) is 0 Å². The summed E-state index contributed by atoms with van der Waals surface area (Å²) in [6.07, 6.45) is 59.2. The van der Waals surface area contributed by atoms with Gasteiger partial charge in [-0.2, -0.15) is 0 Å². The predicted octanol–water partition coefficient (Wildman–Crippen LogP) is 14.4. The molecule has 0 fully saturated rings. The SMILES string of the molecule is CC/C=C\C/C=C\C/C=C\C/C=C\C/C=C\C/C=C\CCC(=O)O[C@H](COC(=O)CCCCCCCCCCCCC/C=C\CCCCCCCC)COP(=O)(O)OCCN. The number of carbonyl (C=O) groups is 2. The largest absolute Gasteiger partial charge is 0.472 e. The van der Waals surface area contributed by atoms with Gasteiger partial charge in [-0.05, 0) is 77.0 Å². The summed E-state index contributed by atoms with van der Waals surface area (Å²) in [6, 6.07) is 0. The standard InChI is InChI=1S/C51H88NO8P/c1-3-5-7-9-11-13-15-17-19-21-23-24-26-27-29-31-33-35-37-39-41-43-50(53)57-47-49(48-59-61(55,56)58-46-45-52)60-51(54)44-42-40-38-36-34-32-30-28-25-22-20-18-16-14-12-10-8-6-4-2/h6,8,12,14,17-20,25,28,32,34,38,40,49H,3-5,7,9-11,13,15-16,21-24,26-27,29-31,33,35-37,39,41-48,52H2,1-2H3,(H,55,56)/b8-6-,14-12-,19-17-,20-18-,28-25-,34-32-,40-38-/t49-/m1/s1. The molecule has 0 amide bonds. The maximum atomic E-state index is 12.6. The molecule has 1 unspecified atom stereocenters. The highest BCUT2D eigenvalue weighted by atomic mass is 31.2. The highest BCUT2D eigenvalue weighted by molar-refractivity contribution is 7.47. The summed E-state index contributed by atoms with van der Waals surface area (Å²) in [4.78, 5) is 34.9. The van der Waals surface area contributed by atoms with Crippen LogP contribution in [-0.4, -0.2) is 49.3 Å². The summed E-state index contributed by atoms with van der Waals surface area (Å²) in [5.41, 5.74) is 5.35. The fraction of sp³-hybridized carbons (Fsp3) is 0.686. The van der Waals surface area contributed by atoms with E-state index in [9.17, 15) is 19.0 Å². The summed E-state index contributed by atoms with van der Waals surface area (Å²) in [6.45, 7) is 3.53. The van der Waals surface area contributed by atoms with Crippen molar-refractivity contribution in [3.63, 3.8) is 0 Å². The number of phosphoric acid groups is 1. The van der Waals surface area contributed by atoms with E-state index >= 15 is 0 Å². The second-order valence-corrected chi connectivity index (χ2v) is 17.0. The Hall–Kier alpha value is -2.81. The number of phosphoric ester groups is 1. The Morgan fingerprint density at radius 2 is 0.934 bits per heavy atom. The van der Waals surface area contributed by atoms with Crippen LogP contribution in [-0.2, 0) is 32.7 Å². The predicted molar refractivity (Wildman–Crippen MR) is 256 cm³/mol. The lowest BCUT2D eigenvalue weighted by Gasteiger charge is -2.19. The van der Waals surface area contributed by atoms with Gasteiger partial charge in [0, 0.05) is 19.4 Å². The van der Waals surface area contributed by atoms with Gasteiger partial charge in [-0.25, -0.2) is 4.57 Å². The van der Waals surface area contributed by atoms with E-state index in [1.807, 2.05) is 12.2 Å². The Labute approximate surface area is 373 Å². The van der Waals surface area contributed by atoms with Gasteiger partial charge in [0.1, 0.15) is 6.61 Å². The first-order chi connectivity index (χ1) is 29.8. The first-order valence-corrected chi connectivity index (χ1v) is 25.6. The second-order valence-electron chi connectivity index (χ2n) is 15.6. The van der Waals surface area contributed by atoms with Gasteiger partial charge in [0.15, 0.2) is 6.10 Å². The Bertz CT molecular complexity index is 1270. The molecule has 0 aliphatic rings. The van der Waals surface area contributed by atoms with Crippen molar-refractivity contribution in [1.29, 1.82) is 0 Å². The number of ether oxygens (including phenoxy) is 2. The van der Waals surface area contributed by atoms with Crippen molar-refractivity contribution in [2.45, 2.75) is 200 Å². The van der Waals surface area contributed by atoms with Gasteiger partial charge >= 0.3 is 19.8 Å². The molecular formula is C51H88NO8P. The van der Waals surface area contributed by atoms with Crippen LogP contribution < -0.4 is 5.73 Å². The first-order valence-electron chi connectivity index (χ1n) is 24.1. The van der Waals surface area contributed by atoms with Gasteiger partial charge in [-0.1, -0.05) is 189 Å². The normalized spacial score (nSPS) is 14.0. The topological polar surface area (TPSA) is 134 Å². The van der Waals surface area contributed by atoms with Crippen LogP contribution in [0.25, 0.3) is 0 Å². The molecule has 0 aliphatic carbocycles. The minimum atomic E-state index is -4.41. The molecule has 10 heteroatoms. The van der Waals surface area contributed by atoms with Crippen LogP contribution in [0.3, 0.4) is 0 Å². The Kier molecular flexibility index (Phi) is 44.5. The van der Waals surface area contributed by atoms with Crippen molar-refractivity contribution < 1.29 is 37.6 Å². The Morgan fingerprint density at radius 1 is 0.508 bits per heavy atom. The van der Waals surface area contributed by atoms with Crippen molar-refractivity contribution in [2.75, 3.05) is 26.4 Å². The summed E-state index contributed by atoms with van der Waals surface area (Å²) in [7, 11) is -4.41. The number of rotatable bonds is 44. The van der Waals surface area contributed by atoms with Crippen molar-refractivity contribution >= 4 is 19.8 Å². The van der Waals surface area contributed by atoms with Gasteiger partial charge in [0.2, 0.25) is 0 Å². The number of unbranched alkanes of at least 4 members (excludes halogenated alkanes) is 17. The zero-order valence-corrected chi connectivity index (χ0v) is 39.5. The third-order valence-electron chi connectivity index (χ3n) is 9.78. The van der Waals surface area contributed by atoms with Crippen molar-refractivity contribution in [2.24, 2.45) is 5.73 Å². The van der Waals surface area contributed by atoms with E-state index in [2.05, 4.69) is 86.8 Å². The molecule has 0 saturated carbocycles. The number of hydrogen-bond acceptors (Lipinski definition) is 8. The third kappa shape index (κ3) is 46.5. The number of hydrogen-bond donors (Lipinski definition) is 2. The molecule has 350 valence electrons. The zero-order chi connectivity index (χ0) is 44.6. The molecule has 2 atom stereocenters. The quantitative estimate of drug-likeness (QED) is 0.0265. The molecule has 9 nitrogen and oxygen atoms in total. The lowest BCUT2D eigenvalue weighted by molar-refractivity contribution is -0.161. The van der Waals surface area contributed by atoms with Crippen LogP contribution in [0.4, 0.5) is 0 Å². The Morgan fingerprint density at radius 3 is 1.41 bits per heavy atom. The molecule has 0 rings (SSSR count). The van der Waals surface area contributed by atoms with Crippen molar-refractivity contribution in [1.82, 2.24) is 0 Å². The van der Waals surface area contributed by atoms with Crippen LogP contribution in [0.2, 0.25) is 0 Å². The maximum Gasteiger partial charge on any atom is 0.472 e. The summed E-state index contributed by atoms with van der Waals surface area (Å²) in [5.74, 6) is -0.930. The summed E-state index contributed by atoms with van der Waals surface area (Å²) in [5, 5.41) is 0. The van der Waals surface area contributed by atoms with E-state index in [1.165, 1.54) is 103 Å². The molecule has 3 N–H and O–H groups in total. The highest BCUT2D eigenvalue weighted by Crippen LogP contribution is 2.43. The molecule has 61 heavy (non-hydrogen) atoms. The van der Waals surface area contributed by atoms with E-state index in [-0.39, 0.29) is 32.6 Å². The van der Waals surface area contributed by atoms with Gasteiger partial charge in [-0.15, -0.1) is 0 Å². The second kappa shape index (κ2) is 46.7. The summed E-state index contributed by atoms with van der Waals surface area (Å²) >= 11 is 0. The van der Waals surface area contributed by atoms with E-state index < -0.39 is 32.5 Å². The molecule has 0 aromatic heterocycles. The number of nitrogens with two attached hydrogens (primary N) is 1. The van der Waals surface area contributed by atoms with Gasteiger partial charge in [-0.3, -0.25) is 18.6 Å². The van der Waals surface area contributed by atoms with Crippen LogP contribution in [0.1, 0.15) is 194 Å². The molecule has 0 aromatic rings. The fourth-order valence-corrected chi connectivity index (χ4v) is 7.01. The molecule has 0 heterocycles. The molecular weight excluding hydrogens is 786 g/mol. The minimum Gasteiger partial charge on any atom is -0.462 e. The number of allylic oxidation sites excluding steroid dienone is 14.